The van der Waals surface area contributed by atoms with E-state index in [-0.39, 0.29) is 6.71 Å². The van der Waals surface area contributed by atoms with Gasteiger partial charge in [-0.2, -0.15) is 0 Å². The minimum absolute atomic E-state index is 0.0855. The fourth-order valence-electron chi connectivity index (χ4n) is 10.9. The summed E-state index contributed by atoms with van der Waals surface area (Å²) in [6, 6.07) is 49.8. The molecule has 55 heavy (non-hydrogen) atoms. The van der Waals surface area contributed by atoms with Gasteiger partial charge in [-0.15, -0.1) is 0 Å². The number of furan rings is 4. The Bertz CT molecular complexity index is 3670. The molecule has 0 N–H and O–H groups in total. The number of para-hydroxylation sites is 4. The molecule has 2 aliphatic rings. The van der Waals surface area contributed by atoms with Crippen LogP contribution in [-0.4, -0.2) is 6.71 Å². The molecule has 4 nitrogen and oxygen atoms in total. The fraction of sp³-hybridized carbons (Fsp3) is 0. The van der Waals surface area contributed by atoms with Crippen LogP contribution >= 0.6 is 0 Å². The van der Waals surface area contributed by atoms with Gasteiger partial charge in [-0.25, -0.2) is 0 Å². The van der Waals surface area contributed by atoms with E-state index in [1.165, 1.54) is 60.2 Å². The Morgan fingerprint density at radius 1 is 0.273 bits per heavy atom. The van der Waals surface area contributed by atoms with E-state index in [1.54, 1.807) is 0 Å². The Morgan fingerprint density at radius 2 is 0.618 bits per heavy atom. The van der Waals surface area contributed by atoms with Crippen molar-refractivity contribution in [1.82, 2.24) is 0 Å². The molecule has 2 aliphatic heterocycles. The molecule has 0 unspecified atom stereocenters. The van der Waals surface area contributed by atoms with Gasteiger partial charge in [0.25, 0.3) is 0 Å². The van der Waals surface area contributed by atoms with Crippen molar-refractivity contribution in [3.8, 4) is 22.3 Å². The summed E-state index contributed by atoms with van der Waals surface area (Å²) in [6.45, 7) is -0.0855. The van der Waals surface area contributed by atoms with Gasteiger partial charge in [-0.1, -0.05) is 107 Å². The van der Waals surface area contributed by atoms with E-state index in [2.05, 4.69) is 140 Å². The number of hydrogen-bond donors (Lipinski definition) is 0. The van der Waals surface area contributed by atoms with Crippen LogP contribution in [0, 0.1) is 0 Å². The lowest BCUT2D eigenvalue weighted by molar-refractivity contribution is 0.668. The molecule has 0 aliphatic carbocycles. The summed E-state index contributed by atoms with van der Waals surface area (Å²) in [5, 5.41) is 13.9. The van der Waals surface area contributed by atoms with Crippen molar-refractivity contribution < 1.29 is 17.7 Å². The minimum atomic E-state index is -0.0855. The van der Waals surface area contributed by atoms with Crippen LogP contribution in [0.15, 0.2) is 157 Å². The van der Waals surface area contributed by atoms with Crippen LogP contribution in [0.5, 0.6) is 0 Å². The van der Waals surface area contributed by atoms with E-state index in [0.29, 0.717) is 0 Å². The van der Waals surface area contributed by atoms with Gasteiger partial charge in [-0.05, 0) is 81.6 Å². The summed E-state index contributed by atoms with van der Waals surface area (Å²) < 4.78 is 27.1. The average molecular weight is 699 g/mol. The largest absolute Gasteiger partial charge is 0.456 e. The summed E-state index contributed by atoms with van der Waals surface area (Å²) in [6.07, 6.45) is 0. The van der Waals surface area contributed by atoms with Gasteiger partial charge in [-0.3, -0.25) is 0 Å². The van der Waals surface area contributed by atoms with Gasteiger partial charge >= 0.3 is 0 Å². The van der Waals surface area contributed by atoms with Crippen LogP contribution in [0.3, 0.4) is 0 Å². The van der Waals surface area contributed by atoms with Gasteiger partial charge in [0, 0.05) is 53.9 Å². The quantitative estimate of drug-likeness (QED) is 0.148. The molecule has 9 aromatic carbocycles. The summed E-state index contributed by atoms with van der Waals surface area (Å²) in [5.74, 6) is 0. The topological polar surface area (TPSA) is 52.6 Å². The minimum Gasteiger partial charge on any atom is -0.456 e. The molecule has 0 radical (unpaired) electrons. The normalized spacial score (nSPS) is 13.4. The molecule has 0 amide bonds. The molecular formula is C50H23BO4. The predicted octanol–water partition coefficient (Wildman–Crippen LogP) is 12.1. The van der Waals surface area contributed by atoms with E-state index in [0.717, 1.165) is 87.8 Å². The molecule has 6 heterocycles. The van der Waals surface area contributed by atoms with Crippen molar-refractivity contribution >= 4 is 132 Å². The Morgan fingerprint density at radius 3 is 1.00 bits per heavy atom. The predicted molar refractivity (Wildman–Crippen MR) is 226 cm³/mol. The van der Waals surface area contributed by atoms with Crippen molar-refractivity contribution in [3.63, 3.8) is 0 Å². The molecule has 0 atom stereocenters. The summed E-state index contributed by atoms with van der Waals surface area (Å²) in [7, 11) is 0. The van der Waals surface area contributed by atoms with E-state index >= 15 is 0 Å². The molecule has 0 fully saturated rings. The fourth-order valence-corrected chi connectivity index (χ4v) is 10.9. The number of benzene rings is 9. The maximum Gasteiger partial charge on any atom is 0.244 e. The SMILES string of the molecule is c1cc2c3c(c1)-c1cc4oc5ccccc5c4c4c1c(cc1oc5ccccc5c14)B3c1cc3oc4ccccc4c3c3c1c-2cc1oc2ccccc2c13. The third-order valence-electron chi connectivity index (χ3n) is 12.8. The summed E-state index contributed by atoms with van der Waals surface area (Å²) in [4.78, 5) is 0. The highest BCUT2D eigenvalue weighted by Crippen LogP contribution is 2.50. The van der Waals surface area contributed by atoms with E-state index in [4.69, 9.17) is 17.7 Å². The third-order valence-corrected chi connectivity index (χ3v) is 12.8. The molecule has 0 saturated carbocycles. The highest BCUT2D eigenvalue weighted by molar-refractivity contribution is 7.02. The first-order valence-electron chi connectivity index (χ1n) is 18.9. The van der Waals surface area contributed by atoms with Crippen molar-refractivity contribution in [2.75, 3.05) is 0 Å². The first kappa shape index (κ1) is 27.4. The Labute approximate surface area is 310 Å². The number of rotatable bonds is 0. The van der Waals surface area contributed by atoms with E-state index in [9.17, 15) is 0 Å². The van der Waals surface area contributed by atoms with Gasteiger partial charge < -0.3 is 17.7 Å². The van der Waals surface area contributed by atoms with Crippen molar-refractivity contribution in [3.05, 3.63) is 140 Å². The zero-order valence-corrected chi connectivity index (χ0v) is 29.0. The summed E-state index contributed by atoms with van der Waals surface area (Å²) in [5.41, 5.74) is 15.7. The Kier molecular flexibility index (Phi) is 4.53. The standard InChI is InChI=1S/C50H23BO4/c1-5-16-34-26(10-1)44-38(52-34)20-30-24-14-9-15-25-31-21-39-45(27-11-2-6-17-35(27)53-39)49-43(31)33(23-41-47(49)29-13-4-8-19-37(29)55-41)51(50(24)25)32-22-40-46(48(44)42(30)32)28-12-3-7-18-36(28)54-40/h1-23H. The van der Waals surface area contributed by atoms with E-state index < -0.39 is 0 Å². The molecule has 0 bridgehead atoms. The first-order valence-corrected chi connectivity index (χ1v) is 18.9. The molecule has 4 aromatic heterocycles. The van der Waals surface area contributed by atoms with Crippen LogP contribution in [0.25, 0.3) is 132 Å². The zero-order valence-electron chi connectivity index (χ0n) is 29.0. The maximum atomic E-state index is 6.82. The smallest absolute Gasteiger partial charge is 0.244 e. The molecular weight excluding hydrogens is 675 g/mol. The Hall–Kier alpha value is -7.24. The number of fused-ring (bicyclic) bond motifs is 20. The van der Waals surface area contributed by atoms with E-state index in [1.807, 2.05) is 0 Å². The van der Waals surface area contributed by atoms with Gasteiger partial charge in [0.2, 0.25) is 6.71 Å². The molecule has 13 aromatic rings. The van der Waals surface area contributed by atoms with Crippen LogP contribution in [0.2, 0.25) is 0 Å². The monoisotopic (exact) mass is 698 g/mol. The lowest BCUT2D eigenvalue weighted by Crippen LogP contribution is -2.57. The van der Waals surface area contributed by atoms with Crippen LogP contribution in [0.4, 0.5) is 0 Å². The second-order valence-corrected chi connectivity index (χ2v) is 15.4. The lowest BCUT2D eigenvalue weighted by Gasteiger charge is -2.34. The Balaban J connectivity index is 1.22. The second-order valence-electron chi connectivity index (χ2n) is 15.4. The zero-order chi connectivity index (χ0) is 35.3. The number of hydrogen-bond acceptors (Lipinski definition) is 4. The van der Waals surface area contributed by atoms with Crippen molar-refractivity contribution in [2.24, 2.45) is 0 Å². The maximum absolute atomic E-state index is 6.82. The summed E-state index contributed by atoms with van der Waals surface area (Å²) >= 11 is 0. The second kappa shape index (κ2) is 9.10. The van der Waals surface area contributed by atoms with Crippen molar-refractivity contribution in [1.29, 1.82) is 0 Å². The molecule has 0 spiro atoms. The third kappa shape index (κ3) is 3.07. The first-order chi connectivity index (χ1) is 27.3. The average Bonchev–Trinajstić information content (AvgIpc) is 3.99. The van der Waals surface area contributed by atoms with Crippen LogP contribution in [-0.2, 0) is 0 Å². The molecule has 5 heteroatoms. The van der Waals surface area contributed by atoms with Gasteiger partial charge in [0.05, 0.1) is 0 Å². The van der Waals surface area contributed by atoms with Crippen molar-refractivity contribution in [2.45, 2.75) is 0 Å². The molecule has 0 saturated heterocycles. The van der Waals surface area contributed by atoms with Crippen LogP contribution in [0.1, 0.15) is 0 Å². The molecule has 250 valence electrons. The highest BCUT2D eigenvalue weighted by atomic mass is 16.3. The van der Waals surface area contributed by atoms with Gasteiger partial charge in [0.15, 0.2) is 0 Å². The lowest BCUT2D eigenvalue weighted by atomic mass is 9.31. The van der Waals surface area contributed by atoms with Gasteiger partial charge in [0.1, 0.15) is 44.7 Å². The molecule has 15 rings (SSSR count). The van der Waals surface area contributed by atoms with Crippen LogP contribution < -0.4 is 16.4 Å². The highest BCUT2D eigenvalue weighted by Gasteiger charge is 2.41.